The van der Waals surface area contributed by atoms with Crippen LogP contribution in [-0.2, 0) is 6.42 Å². The van der Waals surface area contributed by atoms with Crippen molar-refractivity contribution in [3.63, 3.8) is 0 Å². The van der Waals surface area contributed by atoms with Crippen LogP contribution in [0.5, 0.6) is 0 Å². The van der Waals surface area contributed by atoms with Crippen molar-refractivity contribution in [3.8, 4) is 22.9 Å². The molecule has 4 aromatic rings. The smallest absolute Gasteiger partial charge is 0.176 e. The molecule has 0 aliphatic heterocycles. The predicted molar refractivity (Wildman–Crippen MR) is 91.2 cm³/mol. The highest BCUT2D eigenvalue weighted by Gasteiger charge is 2.07. The highest BCUT2D eigenvalue weighted by Crippen LogP contribution is 2.17. The molecule has 0 saturated carbocycles. The van der Waals surface area contributed by atoms with Crippen LogP contribution in [0.3, 0.4) is 0 Å². The van der Waals surface area contributed by atoms with Gasteiger partial charge in [0.15, 0.2) is 5.82 Å². The number of hydrogen-bond acceptors (Lipinski definition) is 4. The summed E-state index contributed by atoms with van der Waals surface area (Å²) in [4.78, 5) is 16.7. The largest absolute Gasteiger partial charge is 0.359 e. The number of H-pyrrole nitrogens is 2. The van der Waals surface area contributed by atoms with Gasteiger partial charge in [0.05, 0.1) is 17.1 Å². The lowest BCUT2D eigenvalue weighted by molar-refractivity contribution is 0.984. The topological polar surface area (TPSA) is 83.1 Å². The Kier molecular flexibility index (Phi) is 3.63. The van der Waals surface area contributed by atoms with E-state index in [0.717, 1.165) is 34.2 Å². The molecule has 24 heavy (non-hydrogen) atoms. The van der Waals surface area contributed by atoms with Gasteiger partial charge in [-0.05, 0) is 43.3 Å². The molecule has 0 unspecified atom stereocenters. The van der Waals surface area contributed by atoms with Crippen LogP contribution in [0.1, 0.15) is 17.1 Å². The van der Waals surface area contributed by atoms with Crippen molar-refractivity contribution in [2.45, 2.75) is 13.3 Å². The third-order valence-corrected chi connectivity index (χ3v) is 3.69. The second-order valence-corrected chi connectivity index (χ2v) is 5.58. The Morgan fingerprint density at radius 1 is 0.958 bits per heavy atom. The summed E-state index contributed by atoms with van der Waals surface area (Å²) in [6.07, 6.45) is 4.29. The molecule has 6 heteroatoms. The zero-order valence-electron chi connectivity index (χ0n) is 13.2. The van der Waals surface area contributed by atoms with Gasteiger partial charge in [-0.15, -0.1) is 0 Å². The van der Waals surface area contributed by atoms with E-state index in [1.165, 1.54) is 0 Å². The summed E-state index contributed by atoms with van der Waals surface area (Å²) >= 11 is 0. The van der Waals surface area contributed by atoms with Crippen LogP contribution in [0.4, 0.5) is 0 Å². The monoisotopic (exact) mass is 316 g/mol. The molecule has 0 spiro atoms. The van der Waals surface area contributed by atoms with Crippen LogP contribution >= 0.6 is 0 Å². The van der Waals surface area contributed by atoms with E-state index in [4.69, 9.17) is 4.98 Å². The van der Waals surface area contributed by atoms with Crippen molar-refractivity contribution in [1.29, 1.82) is 0 Å². The Morgan fingerprint density at radius 2 is 1.88 bits per heavy atom. The Hall–Kier alpha value is -3.28. The molecule has 0 aliphatic rings. The Bertz CT molecular complexity index is 955. The number of hydrogen-bond donors (Lipinski definition) is 2. The number of nitrogens with one attached hydrogen (secondary N) is 2. The third kappa shape index (κ3) is 2.94. The summed E-state index contributed by atoms with van der Waals surface area (Å²) in [5.41, 5.74) is 5.51. The fourth-order valence-corrected chi connectivity index (χ4v) is 2.55. The lowest BCUT2D eigenvalue weighted by atomic mass is 10.2. The third-order valence-electron chi connectivity index (χ3n) is 3.69. The number of aromatic nitrogens is 6. The first kappa shape index (κ1) is 14.3. The molecule has 0 bridgehead atoms. The first-order valence-corrected chi connectivity index (χ1v) is 7.72. The minimum absolute atomic E-state index is 0.646. The zero-order chi connectivity index (χ0) is 16.4. The fourth-order valence-electron chi connectivity index (χ4n) is 2.55. The normalized spacial score (nSPS) is 10.9. The van der Waals surface area contributed by atoms with E-state index >= 15 is 0 Å². The predicted octanol–water partition coefficient (Wildman–Crippen LogP) is 3.16. The summed E-state index contributed by atoms with van der Waals surface area (Å²) < 4.78 is 0. The van der Waals surface area contributed by atoms with Gasteiger partial charge in [-0.1, -0.05) is 6.07 Å². The molecule has 118 valence electrons. The standard InChI is InChI=1S/C18H16N6/c1-12-10-17(24-23-12)15-5-2-4-13(21-15)11-14-7-9-20-18(22-14)16-6-3-8-19-16/h2-10,19H,11H2,1H3,(H,23,24). The van der Waals surface area contributed by atoms with Gasteiger partial charge in [0, 0.05) is 30.2 Å². The van der Waals surface area contributed by atoms with Gasteiger partial charge in [0.25, 0.3) is 0 Å². The summed E-state index contributed by atoms with van der Waals surface area (Å²) in [5.74, 6) is 0.691. The fraction of sp³-hybridized carbons (Fsp3) is 0.111. The van der Waals surface area contributed by atoms with Crippen molar-refractivity contribution in [2.24, 2.45) is 0 Å². The lowest BCUT2D eigenvalue weighted by Crippen LogP contribution is -1.99. The highest BCUT2D eigenvalue weighted by atomic mass is 15.1. The average Bonchev–Trinajstić information content (AvgIpc) is 3.27. The number of pyridine rings is 1. The molecule has 0 aromatic carbocycles. The van der Waals surface area contributed by atoms with Crippen LogP contribution in [0.15, 0.2) is 54.9 Å². The maximum atomic E-state index is 4.69. The average molecular weight is 316 g/mol. The van der Waals surface area contributed by atoms with Crippen LogP contribution < -0.4 is 0 Å². The van der Waals surface area contributed by atoms with Gasteiger partial charge in [0.2, 0.25) is 0 Å². The van der Waals surface area contributed by atoms with Crippen LogP contribution in [0, 0.1) is 6.92 Å². The quantitative estimate of drug-likeness (QED) is 0.606. The van der Waals surface area contributed by atoms with E-state index in [9.17, 15) is 0 Å². The molecule has 0 atom stereocenters. The van der Waals surface area contributed by atoms with E-state index in [1.807, 2.05) is 55.6 Å². The molecule has 4 rings (SSSR count). The van der Waals surface area contributed by atoms with Crippen molar-refractivity contribution in [3.05, 3.63) is 71.9 Å². The van der Waals surface area contributed by atoms with Gasteiger partial charge in [0.1, 0.15) is 5.69 Å². The van der Waals surface area contributed by atoms with Crippen molar-refractivity contribution in [1.82, 2.24) is 30.1 Å². The van der Waals surface area contributed by atoms with E-state index in [-0.39, 0.29) is 0 Å². The molecule has 0 saturated heterocycles. The van der Waals surface area contributed by atoms with Crippen LogP contribution in [-0.4, -0.2) is 30.1 Å². The van der Waals surface area contributed by atoms with Crippen LogP contribution in [0.2, 0.25) is 0 Å². The first-order chi connectivity index (χ1) is 11.8. The van der Waals surface area contributed by atoms with Gasteiger partial charge in [-0.25, -0.2) is 9.97 Å². The molecule has 0 radical (unpaired) electrons. The molecule has 0 aliphatic carbocycles. The minimum atomic E-state index is 0.646. The van der Waals surface area contributed by atoms with E-state index < -0.39 is 0 Å². The summed E-state index contributed by atoms with van der Waals surface area (Å²) in [6.45, 7) is 1.98. The maximum Gasteiger partial charge on any atom is 0.176 e. The number of aryl methyl sites for hydroxylation is 1. The second-order valence-electron chi connectivity index (χ2n) is 5.58. The van der Waals surface area contributed by atoms with Crippen molar-refractivity contribution in [2.75, 3.05) is 0 Å². The number of rotatable bonds is 4. The van der Waals surface area contributed by atoms with E-state index in [1.54, 1.807) is 6.20 Å². The van der Waals surface area contributed by atoms with Gasteiger partial charge in [-0.3, -0.25) is 10.1 Å². The molecule has 0 amide bonds. The van der Waals surface area contributed by atoms with Crippen LogP contribution in [0.25, 0.3) is 22.9 Å². The van der Waals surface area contributed by atoms with Gasteiger partial charge >= 0.3 is 0 Å². The molecular weight excluding hydrogens is 300 g/mol. The summed E-state index contributed by atoms with van der Waals surface area (Å²) in [7, 11) is 0. The summed E-state index contributed by atoms with van der Waals surface area (Å²) in [5, 5.41) is 7.21. The molecule has 6 nitrogen and oxygen atoms in total. The molecular formula is C18H16N6. The molecule has 2 N–H and O–H groups in total. The summed E-state index contributed by atoms with van der Waals surface area (Å²) in [6, 6.07) is 13.7. The number of aromatic amines is 2. The maximum absolute atomic E-state index is 4.69. The molecule has 4 heterocycles. The van der Waals surface area contributed by atoms with E-state index in [2.05, 4.69) is 25.1 Å². The molecule has 0 fully saturated rings. The Labute approximate surface area is 139 Å². The van der Waals surface area contributed by atoms with E-state index in [0.29, 0.717) is 12.2 Å². The second kappa shape index (κ2) is 6.08. The number of nitrogens with zero attached hydrogens (tertiary/aromatic N) is 4. The van der Waals surface area contributed by atoms with Gasteiger partial charge in [-0.2, -0.15) is 5.10 Å². The Morgan fingerprint density at radius 3 is 2.67 bits per heavy atom. The lowest BCUT2D eigenvalue weighted by Gasteiger charge is -2.04. The van der Waals surface area contributed by atoms with Gasteiger partial charge < -0.3 is 4.98 Å². The van der Waals surface area contributed by atoms with Crippen molar-refractivity contribution >= 4 is 0 Å². The zero-order valence-corrected chi connectivity index (χ0v) is 13.2. The Balaban J connectivity index is 1.61. The highest BCUT2D eigenvalue weighted by molar-refractivity contribution is 5.54. The van der Waals surface area contributed by atoms with Crippen molar-refractivity contribution < 1.29 is 0 Å². The first-order valence-electron chi connectivity index (χ1n) is 7.72. The SMILES string of the molecule is Cc1cc(-c2cccc(Cc3ccnc(-c4ccc[nH]4)n3)n2)n[nH]1. The minimum Gasteiger partial charge on any atom is -0.359 e. The molecule has 4 aromatic heterocycles.